The summed E-state index contributed by atoms with van der Waals surface area (Å²) in [5, 5.41) is 0. The Morgan fingerprint density at radius 3 is 2.48 bits per heavy atom. The predicted molar refractivity (Wildman–Crippen MR) is 90.9 cm³/mol. The highest BCUT2D eigenvalue weighted by Gasteiger charge is 2.22. The summed E-state index contributed by atoms with van der Waals surface area (Å²) in [6.45, 7) is 5.25. The Hall–Kier alpha value is -2.45. The van der Waals surface area contributed by atoms with E-state index in [0.717, 1.165) is 23.3 Å². The van der Waals surface area contributed by atoms with Crippen LogP contribution in [0.5, 0.6) is 5.75 Å². The lowest BCUT2D eigenvalue weighted by Gasteiger charge is -2.17. The molecule has 2 N–H and O–H groups in total. The van der Waals surface area contributed by atoms with Gasteiger partial charge in [-0.2, -0.15) is 0 Å². The van der Waals surface area contributed by atoms with E-state index in [1.165, 1.54) is 19.1 Å². The van der Waals surface area contributed by atoms with E-state index in [4.69, 9.17) is 4.74 Å². The zero-order valence-electron chi connectivity index (χ0n) is 14.0. The van der Waals surface area contributed by atoms with E-state index < -0.39 is 32.7 Å². The van der Waals surface area contributed by atoms with Gasteiger partial charge in [-0.1, -0.05) is 24.3 Å². The molecule has 6 nitrogen and oxygen atoms in total. The lowest BCUT2D eigenvalue weighted by atomic mass is 10.1. The van der Waals surface area contributed by atoms with E-state index in [0.29, 0.717) is 5.75 Å². The summed E-state index contributed by atoms with van der Waals surface area (Å²) in [6.07, 6.45) is -0.955. The summed E-state index contributed by atoms with van der Waals surface area (Å²) in [5.74, 6) is -1.09. The van der Waals surface area contributed by atoms with E-state index in [2.05, 4.69) is 0 Å². The highest BCUT2D eigenvalue weighted by molar-refractivity contribution is 7.89. The lowest BCUT2D eigenvalue weighted by molar-refractivity contribution is -0.127. The van der Waals surface area contributed by atoms with Crippen LogP contribution in [0.4, 0.5) is 4.39 Å². The Morgan fingerprint density at radius 2 is 1.80 bits per heavy atom. The van der Waals surface area contributed by atoms with Crippen molar-refractivity contribution < 1.29 is 22.3 Å². The highest BCUT2D eigenvalue weighted by Crippen LogP contribution is 2.21. The van der Waals surface area contributed by atoms with Gasteiger partial charge in [-0.3, -0.25) is 10.2 Å². The van der Waals surface area contributed by atoms with Crippen LogP contribution in [0.2, 0.25) is 0 Å². The average Bonchev–Trinajstić information content (AvgIpc) is 2.57. The molecule has 2 rings (SSSR count). The molecule has 2 aromatic rings. The molecule has 25 heavy (non-hydrogen) atoms. The van der Waals surface area contributed by atoms with Crippen LogP contribution in [-0.4, -0.2) is 20.4 Å². The molecule has 0 saturated heterocycles. The van der Waals surface area contributed by atoms with Crippen LogP contribution in [0, 0.1) is 19.7 Å². The van der Waals surface area contributed by atoms with Gasteiger partial charge < -0.3 is 4.74 Å². The van der Waals surface area contributed by atoms with Crippen molar-refractivity contribution in [1.82, 2.24) is 10.3 Å². The zero-order valence-corrected chi connectivity index (χ0v) is 14.9. The molecule has 0 aliphatic rings. The van der Waals surface area contributed by atoms with Crippen molar-refractivity contribution in [1.29, 1.82) is 0 Å². The second-order valence-corrected chi connectivity index (χ2v) is 7.13. The topological polar surface area (TPSA) is 84.5 Å². The minimum atomic E-state index is -4.22. The third-order valence-corrected chi connectivity index (χ3v) is 4.94. The molecule has 0 unspecified atom stereocenters. The van der Waals surface area contributed by atoms with Crippen LogP contribution in [0.15, 0.2) is 47.4 Å². The molecule has 0 fully saturated rings. The van der Waals surface area contributed by atoms with Crippen molar-refractivity contribution in [3.05, 3.63) is 59.4 Å². The van der Waals surface area contributed by atoms with Crippen LogP contribution in [0.25, 0.3) is 0 Å². The number of aryl methyl sites for hydroxylation is 1. The smallest absolute Gasteiger partial charge is 0.275 e. The number of carbonyl (C=O) groups is 1. The van der Waals surface area contributed by atoms with Crippen LogP contribution in [-0.2, 0) is 14.8 Å². The van der Waals surface area contributed by atoms with Gasteiger partial charge >= 0.3 is 0 Å². The number of rotatable bonds is 6. The number of ether oxygens (including phenoxy) is 1. The van der Waals surface area contributed by atoms with E-state index in [1.807, 2.05) is 30.2 Å². The van der Waals surface area contributed by atoms with Crippen LogP contribution < -0.4 is 15.0 Å². The minimum absolute atomic E-state index is 0.527. The standard InChI is InChI=1S/C17H19FN2O4S/c1-11-7-6-9-15(12(11)2)24-13(3)17(21)19-20-25(22,23)16-10-5-4-8-14(16)18/h4-10,13,20H,1-3H3,(H,19,21)/t13-/m0/s1. The largest absolute Gasteiger partial charge is 0.481 e. The van der Waals surface area contributed by atoms with Crippen molar-refractivity contribution in [2.45, 2.75) is 31.8 Å². The number of sulfonamides is 1. The van der Waals surface area contributed by atoms with Crippen LogP contribution >= 0.6 is 0 Å². The molecule has 0 bridgehead atoms. The van der Waals surface area contributed by atoms with Gasteiger partial charge in [-0.05, 0) is 50.1 Å². The van der Waals surface area contributed by atoms with Gasteiger partial charge in [0.2, 0.25) is 0 Å². The van der Waals surface area contributed by atoms with Crippen molar-refractivity contribution >= 4 is 15.9 Å². The molecule has 2 aromatic carbocycles. The Bertz CT molecular complexity index is 884. The Morgan fingerprint density at radius 1 is 1.12 bits per heavy atom. The molecule has 0 aliphatic heterocycles. The van der Waals surface area contributed by atoms with E-state index in [-0.39, 0.29) is 0 Å². The molecule has 0 heterocycles. The number of carbonyl (C=O) groups excluding carboxylic acids is 1. The van der Waals surface area contributed by atoms with Crippen molar-refractivity contribution in [3.63, 3.8) is 0 Å². The maximum absolute atomic E-state index is 13.6. The average molecular weight is 366 g/mol. The SMILES string of the molecule is Cc1cccc(O[C@@H](C)C(=O)NNS(=O)(=O)c2ccccc2F)c1C. The zero-order chi connectivity index (χ0) is 18.6. The maximum atomic E-state index is 13.6. The van der Waals surface area contributed by atoms with Crippen molar-refractivity contribution in [2.75, 3.05) is 0 Å². The van der Waals surface area contributed by atoms with Gasteiger partial charge in [0.25, 0.3) is 15.9 Å². The van der Waals surface area contributed by atoms with Gasteiger partial charge in [0.05, 0.1) is 0 Å². The number of amides is 1. The second-order valence-electron chi connectivity index (χ2n) is 5.48. The molecule has 0 aliphatic carbocycles. The normalized spacial score (nSPS) is 12.5. The second kappa shape index (κ2) is 7.62. The summed E-state index contributed by atoms with van der Waals surface area (Å²) in [4.78, 5) is 13.4. The van der Waals surface area contributed by atoms with Gasteiger partial charge in [0.1, 0.15) is 16.5 Å². The molecule has 134 valence electrons. The number of hydrogen-bond donors (Lipinski definition) is 2. The van der Waals surface area contributed by atoms with Crippen molar-refractivity contribution in [3.8, 4) is 5.75 Å². The molecule has 0 spiro atoms. The fraction of sp³-hybridized carbons (Fsp3) is 0.235. The molecule has 0 saturated carbocycles. The Labute approximate surface area is 146 Å². The molecule has 1 atom stereocenters. The van der Waals surface area contributed by atoms with E-state index in [9.17, 15) is 17.6 Å². The highest BCUT2D eigenvalue weighted by atomic mass is 32.2. The van der Waals surface area contributed by atoms with Gasteiger partial charge in [0, 0.05) is 0 Å². The van der Waals surface area contributed by atoms with Gasteiger partial charge in [0.15, 0.2) is 6.10 Å². The first kappa shape index (κ1) is 18.9. The van der Waals surface area contributed by atoms with Crippen LogP contribution in [0.1, 0.15) is 18.1 Å². The summed E-state index contributed by atoms with van der Waals surface area (Å²) >= 11 is 0. The Kier molecular flexibility index (Phi) is 5.76. The number of hydrazine groups is 1. The predicted octanol–water partition coefficient (Wildman–Crippen LogP) is 2.22. The first-order valence-corrected chi connectivity index (χ1v) is 9.00. The summed E-state index contributed by atoms with van der Waals surface area (Å²) in [6, 6.07) is 10.3. The minimum Gasteiger partial charge on any atom is -0.481 e. The fourth-order valence-corrected chi connectivity index (χ4v) is 2.96. The molecule has 1 amide bonds. The quantitative estimate of drug-likeness (QED) is 0.768. The molecule has 8 heteroatoms. The summed E-state index contributed by atoms with van der Waals surface area (Å²) in [7, 11) is -4.22. The van der Waals surface area contributed by atoms with Crippen LogP contribution in [0.3, 0.4) is 0 Å². The third kappa shape index (κ3) is 4.55. The number of halogens is 1. The van der Waals surface area contributed by atoms with Crippen molar-refractivity contribution in [2.24, 2.45) is 0 Å². The third-order valence-electron chi connectivity index (χ3n) is 3.66. The summed E-state index contributed by atoms with van der Waals surface area (Å²) in [5.41, 5.74) is 3.92. The summed E-state index contributed by atoms with van der Waals surface area (Å²) < 4.78 is 43.2. The molecule has 0 radical (unpaired) electrons. The fourth-order valence-electron chi connectivity index (χ4n) is 2.03. The molecule has 0 aromatic heterocycles. The number of benzene rings is 2. The number of hydrogen-bond acceptors (Lipinski definition) is 4. The number of nitrogens with one attached hydrogen (secondary N) is 2. The monoisotopic (exact) mass is 366 g/mol. The maximum Gasteiger partial charge on any atom is 0.275 e. The van der Waals surface area contributed by atoms with Gasteiger partial charge in [-0.15, -0.1) is 4.83 Å². The Balaban J connectivity index is 2.02. The first-order valence-electron chi connectivity index (χ1n) is 7.51. The lowest BCUT2D eigenvalue weighted by Crippen LogP contribution is -2.47. The van der Waals surface area contributed by atoms with Gasteiger partial charge in [-0.25, -0.2) is 12.8 Å². The van der Waals surface area contributed by atoms with E-state index in [1.54, 1.807) is 12.1 Å². The first-order chi connectivity index (χ1) is 11.7. The molecular weight excluding hydrogens is 347 g/mol. The van der Waals surface area contributed by atoms with E-state index >= 15 is 0 Å². The molecular formula is C17H19FN2O4S.